The van der Waals surface area contributed by atoms with Crippen LogP contribution in [0.5, 0.6) is 0 Å². The first kappa shape index (κ1) is 16.6. The summed E-state index contributed by atoms with van der Waals surface area (Å²) in [5.41, 5.74) is -7.30. The molecule has 0 fully saturated rings. The van der Waals surface area contributed by atoms with E-state index in [9.17, 15) is 47.9 Å². The third-order valence-electron chi connectivity index (χ3n) is 1.49. The lowest BCUT2D eigenvalue weighted by Gasteiger charge is -2.33. The summed E-state index contributed by atoms with van der Waals surface area (Å²) >= 11 is 0. The van der Waals surface area contributed by atoms with Crippen molar-refractivity contribution >= 4 is 19.7 Å². The largest absolute Gasteiger partial charge is 0.439 e. The molecule has 0 radical (unpaired) electrons. The summed E-state index contributed by atoms with van der Waals surface area (Å²) in [7, 11) is -3.10. The van der Waals surface area contributed by atoms with E-state index < -0.39 is 32.3 Å². The van der Waals surface area contributed by atoms with Gasteiger partial charge in [0.2, 0.25) is 0 Å². The van der Waals surface area contributed by atoms with E-state index in [0.29, 0.717) is 0 Å². The van der Waals surface area contributed by atoms with Gasteiger partial charge in [0.1, 0.15) is 0 Å². The molecule has 2 nitrogen and oxygen atoms in total. The van der Waals surface area contributed by atoms with Crippen molar-refractivity contribution in [3.05, 3.63) is 0 Å². The summed E-state index contributed by atoms with van der Waals surface area (Å²) < 4.78 is 128. The second-order valence-electron chi connectivity index (χ2n) is 2.61. The Morgan fingerprint density at radius 3 is 1.00 bits per heavy atom. The van der Waals surface area contributed by atoms with Gasteiger partial charge in [0.05, 0.1) is 0 Å². The monoisotopic (exact) mass is 318 g/mol. The zero-order valence-corrected chi connectivity index (χ0v) is 8.58. The molecule has 0 spiro atoms. The smallest absolute Gasteiger partial charge is 0.215 e. The van der Waals surface area contributed by atoms with Gasteiger partial charge in [-0.1, -0.05) is 0 Å². The number of hydrogen-bond acceptors (Lipinski definition) is 2. The van der Waals surface area contributed by atoms with Gasteiger partial charge in [-0.25, -0.2) is 12.8 Å². The van der Waals surface area contributed by atoms with Gasteiger partial charge in [0.25, 0.3) is 0 Å². The minimum Gasteiger partial charge on any atom is -0.215 e. The molecule has 0 amide bonds. The first-order chi connectivity index (χ1) is 7.00. The summed E-state index contributed by atoms with van der Waals surface area (Å²) in [4.78, 5) is 0. The Balaban J connectivity index is 6.23. The maximum Gasteiger partial charge on any atom is 0.439 e. The first-order valence-corrected chi connectivity index (χ1v) is 5.45. The van der Waals surface area contributed by atoms with E-state index in [4.69, 9.17) is 0 Å². The fraction of sp³-hybridized carbons (Fsp3) is 1.00. The quantitative estimate of drug-likeness (QED) is 0.579. The molecule has 0 aromatic rings. The van der Waals surface area contributed by atoms with E-state index in [1.54, 1.807) is 0 Å². The van der Waals surface area contributed by atoms with Gasteiger partial charge in [-0.15, -0.1) is 0 Å². The van der Waals surface area contributed by atoms with Gasteiger partial charge in [-0.2, -0.15) is 35.1 Å². The van der Waals surface area contributed by atoms with E-state index in [2.05, 4.69) is 10.7 Å². The molecule has 0 saturated carbocycles. The molecule has 0 heterocycles. The Bertz CT molecular complexity index is 378. The molecule has 0 atom stereocenters. The highest BCUT2D eigenvalue weighted by atomic mass is 35.7. The third-order valence-corrected chi connectivity index (χ3v) is 2.96. The normalized spacial score (nSPS) is 16.1. The van der Waals surface area contributed by atoms with Crippen LogP contribution in [-0.4, -0.2) is 31.7 Å². The van der Waals surface area contributed by atoms with Crippen LogP contribution >= 0.6 is 10.7 Å². The van der Waals surface area contributed by atoms with Crippen molar-refractivity contribution < 1.29 is 47.9 Å². The van der Waals surface area contributed by atoms with Gasteiger partial charge in [0.15, 0.2) is 0 Å². The highest BCUT2D eigenvalue weighted by Gasteiger charge is 2.88. The SMILES string of the molecule is O=S(=O)(Cl)C(F)(F)C(F)(C(F)(F)F)C(F)(F)F. The molecule has 13 heteroatoms. The zero-order chi connectivity index (χ0) is 14.5. The molecule has 0 rings (SSSR count). The molecule has 0 aliphatic heterocycles. The lowest BCUT2D eigenvalue weighted by atomic mass is 10.1. The number of hydrogen-bond donors (Lipinski definition) is 0. The van der Waals surface area contributed by atoms with E-state index in [0.717, 1.165) is 0 Å². The maximum absolute atomic E-state index is 12.6. The fourth-order valence-corrected chi connectivity index (χ4v) is 1.55. The van der Waals surface area contributed by atoms with Crippen LogP contribution in [0.1, 0.15) is 0 Å². The molecule has 0 aromatic heterocycles. The Hall–Kier alpha value is -0.390. The van der Waals surface area contributed by atoms with Crippen molar-refractivity contribution in [3.63, 3.8) is 0 Å². The topological polar surface area (TPSA) is 34.1 Å². The lowest BCUT2D eigenvalue weighted by molar-refractivity contribution is -0.379. The second kappa shape index (κ2) is 3.80. The van der Waals surface area contributed by atoms with E-state index in [1.807, 2.05) is 0 Å². The van der Waals surface area contributed by atoms with E-state index >= 15 is 0 Å². The molecular weight excluding hydrogens is 319 g/mol. The van der Waals surface area contributed by atoms with Gasteiger partial charge in [-0.05, 0) is 0 Å². The second-order valence-corrected chi connectivity index (χ2v) is 5.22. The van der Waals surface area contributed by atoms with Crippen molar-refractivity contribution in [2.24, 2.45) is 0 Å². The molecular formula is C4ClF9O2S. The number of halogens is 10. The van der Waals surface area contributed by atoms with Crippen LogP contribution in [-0.2, 0) is 9.05 Å². The summed E-state index contributed by atoms with van der Waals surface area (Å²) in [5, 5.41) is -6.92. The minimum atomic E-state index is -7.30. The number of alkyl halides is 9. The summed E-state index contributed by atoms with van der Waals surface area (Å²) in [6.45, 7) is 0. The number of rotatable bonds is 2. The van der Waals surface area contributed by atoms with Gasteiger partial charge < -0.3 is 0 Å². The minimum absolute atomic E-state index is 3.70. The van der Waals surface area contributed by atoms with Crippen molar-refractivity contribution in [1.82, 2.24) is 0 Å². The zero-order valence-electron chi connectivity index (χ0n) is 7.00. The predicted octanol–water partition coefficient (Wildman–Crippen LogP) is 2.98. The summed E-state index contributed by atoms with van der Waals surface area (Å²) in [6.07, 6.45) is -14.5. The summed E-state index contributed by atoms with van der Waals surface area (Å²) in [6, 6.07) is 0. The van der Waals surface area contributed by atoms with Crippen molar-refractivity contribution in [3.8, 4) is 0 Å². The van der Waals surface area contributed by atoms with Gasteiger partial charge in [-0.3, -0.25) is 0 Å². The average molecular weight is 319 g/mol. The Morgan fingerprint density at radius 1 is 0.706 bits per heavy atom. The Kier molecular flexibility index (Phi) is 3.71. The average Bonchev–Trinajstić information content (AvgIpc) is 1.95. The molecule has 0 aliphatic carbocycles. The Labute approximate surface area is 91.8 Å². The van der Waals surface area contributed by atoms with E-state index in [1.165, 1.54) is 0 Å². The fourth-order valence-electron chi connectivity index (χ4n) is 0.659. The highest BCUT2D eigenvalue weighted by Crippen LogP contribution is 2.56. The van der Waals surface area contributed by atoms with E-state index in [-0.39, 0.29) is 0 Å². The highest BCUT2D eigenvalue weighted by molar-refractivity contribution is 8.14. The molecule has 0 N–H and O–H groups in total. The molecule has 104 valence electrons. The molecule has 0 saturated heterocycles. The van der Waals surface area contributed by atoms with Crippen LogP contribution in [0, 0.1) is 0 Å². The van der Waals surface area contributed by atoms with Crippen LogP contribution in [0.4, 0.5) is 39.5 Å². The van der Waals surface area contributed by atoms with Crippen LogP contribution in [0.15, 0.2) is 0 Å². The van der Waals surface area contributed by atoms with Crippen LogP contribution in [0.2, 0.25) is 0 Å². The molecule has 0 aromatic carbocycles. The standard InChI is InChI=1S/C4ClF9O2S/c5-17(15,16)4(13,14)1(6,2(7,8)9)3(10,11)12. The molecule has 0 aliphatic rings. The van der Waals surface area contributed by atoms with Gasteiger partial charge in [0, 0.05) is 10.7 Å². The van der Waals surface area contributed by atoms with Crippen molar-refractivity contribution in [1.29, 1.82) is 0 Å². The first-order valence-electron chi connectivity index (χ1n) is 3.14. The van der Waals surface area contributed by atoms with Crippen molar-refractivity contribution in [2.45, 2.75) is 23.3 Å². The van der Waals surface area contributed by atoms with Crippen LogP contribution in [0.3, 0.4) is 0 Å². The molecule has 0 unspecified atom stereocenters. The van der Waals surface area contributed by atoms with Gasteiger partial charge >= 0.3 is 32.3 Å². The maximum atomic E-state index is 12.6. The van der Waals surface area contributed by atoms with Crippen molar-refractivity contribution in [2.75, 3.05) is 0 Å². The third kappa shape index (κ3) is 2.28. The summed E-state index contributed by atoms with van der Waals surface area (Å²) in [5.74, 6) is 0. The van der Waals surface area contributed by atoms with Crippen LogP contribution in [0.25, 0.3) is 0 Å². The lowest BCUT2D eigenvalue weighted by Crippen LogP contribution is -2.66. The molecule has 17 heavy (non-hydrogen) atoms. The Morgan fingerprint density at radius 2 is 0.941 bits per heavy atom. The predicted molar refractivity (Wildman–Crippen MR) is 35.7 cm³/mol. The van der Waals surface area contributed by atoms with Crippen LogP contribution < -0.4 is 0 Å². The molecule has 0 bridgehead atoms.